The van der Waals surface area contributed by atoms with E-state index in [1.807, 2.05) is 0 Å². The molecule has 0 spiro atoms. The lowest BCUT2D eigenvalue weighted by Gasteiger charge is -2.43. The maximum absolute atomic E-state index is 9.86. The van der Waals surface area contributed by atoms with Crippen LogP contribution in [0.4, 0.5) is 0 Å². The van der Waals surface area contributed by atoms with Crippen molar-refractivity contribution in [1.82, 2.24) is 0 Å². The number of hydrogen-bond donors (Lipinski definition) is 2. The molecule has 0 aromatic carbocycles. The van der Waals surface area contributed by atoms with Gasteiger partial charge in [0, 0.05) is 0 Å². The van der Waals surface area contributed by atoms with Crippen molar-refractivity contribution in [2.75, 3.05) is 0 Å². The number of aliphatic hydroxyl groups is 2. The Morgan fingerprint density at radius 1 is 1.38 bits per heavy atom. The maximum atomic E-state index is 9.86. The first kappa shape index (κ1) is 11.0. The van der Waals surface area contributed by atoms with E-state index < -0.39 is 11.7 Å². The van der Waals surface area contributed by atoms with E-state index in [1.54, 1.807) is 6.92 Å². The van der Waals surface area contributed by atoms with E-state index in [0.717, 1.165) is 12.8 Å². The van der Waals surface area contributed by atoms with Crippen LogP contribution in [0.25, 0.3) is 0 Å². The molecule has 2 N–H and O–H groups in total. The molecule has 1 saturated carbocycles. The quantitative estimate of drug-likeness (QED) is 0.655. The van der Waals surface area contributed by atoms with Gasteiger partial charge in [-0.2, -0.15) is 0 Å². The van der Waals surface area contributed by atoms with Crippen LogP contribution in [0.3, 0.4) is 0 Å². The molecule has 0 aromatic rings. The Morgan fingerprint density at radius 3 is 2.38 bits per heavy atom. The summed E-state index contributed by atoms with van der Waals surface area (Å²) in [5, 5.41) is 19.6. The molecule has 0 radical (unpaired) electrons. The summed E-state index contributed by atoms with van der Waals surface area (Å²) in [7, 11) is 0. The molecule has 1 rings (SSSR count). The minimum absolute atomic E-state index is 0.512. The second kappa shape index (κ2) is 3.58. The lowest BCUT2D eigenvalue weighted by Crippen LogP contribution is -2.48. The summed E-state index contributed by atoms with van der Waals surface area (Å²) >= 11 is 0. The van der Waals surface area contributed by atoms with Crippen LogP contribution in [-0.2, 0) is 0 Å². The fourth-order valence-corrected chi connectivity index (χ4v) is 2.61. The number of aliphatic hydroxyl groups excluding tert-OH is 1. The molecule has 1 aliphatic carbocycles. The Kier molecular flexibility index (Phi) is 3.03. The van der Waals surface area contributed by atoms with Crippen LogP contribution < -0.4 is 0 Å². The molecule has 4 unspecified atom stereocenters. The van der Waals surface area contributed by atoms with Gasteiger partial charge >= 0.3 is 0 Å². The zero-order chi connectivity index (χ0) is 10.2. The first-order chi connectivity index (χ1) is 5.84. The Balaban J connectivity index is 2.67. The highest BCUT2D eigenvalue weighted by atomic mass is 16.3. The van der Waals surface area contributed by atoms with Crippen molar-refractivity contribution in [3.8, 4) is 0 Å². The van der Waals surface area contributed by atoms with Crippen molar-refractivity contribution in [3.63, 3.8) is 0 Å². The average molecular weight is 186 g/mol. The van der Waals surface area contributed by atoms with E-state index in [9.17, 15) is 10.2 Å². The maximum Gasteiger partial charge on any atom is 0.0880 e. The van der Waals surface area contributed by atoms with Gasteiger partial charge in [-0.3, -0.25) is 0 Å². The van der Waals surface area contributed by atoms with E-state index in [2.05, 4.69) is 20.8 Å². The van der Waals surface area contributed by atoms with Gasteiger partial charge in [-0.25, -0.2) is 0 Å². The minimum atomic E-state index is -0.870. The standard InChI is InChI=1S/C11H22O2/c1-7(2)9-5-10(12)11(4,13)6-8(9)3/h7-10,12-13H,5-6H2,1-4H3. The fraction of sp³-hybridized carbons (Fsp3) is 1.00. The monoisotopic (exact) mass is 186 g/mol. The van der Waals surface area contributed by atoms with E-state index >= 15 is 0 Å². The zero-order valence-electron chi connectivity index (χ0n) is 9.12. The average Bonchev–Trinajstić information content (AvgIpc) is 1.95. The first-order valence-electron chi connectivity index (χ1n) is 5.25. The van der Waals surface area contributed by atoms with Crippen molar-refractivity contribution < 1.29 is 10.2 Å². The molecule has 4 atom stereocenters. The Morgan fingerprint density at radius 2 is 1.92 bits per heavy atom. The van der Waals surface area contributed by atoms with Gasteiger partial charge in [-0.15, -0.1) is 0 Å². The van der Waals surface area contributed by atoms with Crippen molar-refractivity contribution in [3.05, 3.63) is 0 Å². The highest BCUT2D eigenvalue weighted by Crippen LogP contribution is 2.39. The molecule has 0 heterocycles. The van der Waals surface area contributed by atoms with Crippen molar-refractivity contribution in [1.29, 1.82) is 0 Å². The number of hydrogen-bond acceptors (Lipinski definition) is 2. The lowest BCUT2D eigenvalue weighted by atomic mass is 9.68. The van der Waals surface area contributed by atoms with Gasteiger partial charge in [0.05, 0.1) is 11.7 Å². The summed E-state index contributed by atoms with van der Waals surface area (Å²) in [4.78, 5) is 0. The SMILES string of the molecule is CC(C)C1CC(O)C(C)(O)CC1C. The van der Waals surface area contributed by atoms with Gasteiger partial charge < -0.3 is 10.2 Å². The first-order valence-corrected chi connectivity index (χ1v) is 5.25. The molecule has 0 aliphatic heterocycles. The molecular weight excluding hydrogens is 164 g/mol. The largest absolute Gasteiger partial charge is 0.390 e. The van der Waals surface area contributed by atoms with Gasteiger partial charge in [0.15, 0.2) is 0 Å². The molecule has 0 aromatic heterocycles. The van der Waals surface area contributed by atoms with Crippen LogP contribution in [0.15, 0.2) is 0 Å². The van der Waals surface area contributed by atoms with Crippen LogP contribution in [0, 0.1) is 17.8 Å². The lowest BCUT2D eigenvalue weighted by molar-refractivity contribution is -0.120. The molecule has 13 heavy (non-hydrogen) atoms. The summed E-state index contributed by atoms with van der Waals surface area (Å²) in [5.41, 5.74) is -0.870. The zero-order valence-corrected chi connectivity index (χ0v) is 9.12. The highest BCUT2D eigenvalue weighted by molar-refractivity contribution is 4.93. The molecule has 0 bridgehead atoms. The molecular formula is C11H22O2. The van der Waals surface area contributed by atoms with E-state index in [1.165, 1.54) is 0 Å². The molecule has 1 fully saturated rings. The summed E-state index contributed by atoms with van der Waals surface area (Å²) < 4.78 is 0. The molecule has 0 saturated heterocycles. The minimum Gasteiger partial charge on any atom is -0.390 e. The molecule has 2 heteroatoms. The Bertz CT molecular complexity index is 175. The molecule has 78 valence electrons. The fourth-order valence-electron chi connectivity index (χ4n) is 2.61. The highest BCUT2D eigenvalue weighted by Gasteiger charge is 2.41. The van der Waals surface area contributed by atoms with Gasteiger partial charge in [0.1, 0.15) is 0 Å². The van der Waals surface area contributed by atoms with Crippen LogP contribution in [0.5, 0.6) is 0 Å². The Hall–Kier alpha value is -0.0800. The van der Waals surface area contributed by atoms with Crippen molar-refractivity contribution >= 4 is 0 Å². The summed E-state index contributed by atoms with van der Waals surface area (Å²) in [6, 6.07) is 0. The topological polar surface area (TPSA) is 40.5 Å². The summed E-state index contributed by atoms with van der Waals surface area (Å²) in [5.74, 6) is 1.66. The predicted octanol–water partition coefficient (Wildman–Crippen LogP) is 1.80. The third-order valence-electron chi connectivity index (χ3n) is 3.54. The third-order valence-corrected chi connectivity index (χ3v) is 3.54. The summed E-state index contributed by atoms with van der Waals surface area (Å²) in [6.07, 6.45) is 0.916. The normalized spacial score (nSPS) is 46.8. The predicted molar refractivity (Wildman–Crippen MR) is 53.4 cm³/mol. The van der Waals surface area contributed by atoms with Gasteiger partial charge in [0.2, 0.25) is 0 Å². The van der Waals surface area contributed by atoms with Crippen LogP contribution >= 0.6 is 0 Å². The van der Waals surface area contributed by atoms with Crippen LogP contribution in [0.1, 0.15) is 40.5 Å². The Labute approximate surface area is 81.0 Å². The van der Waals surface area contributed by atoms with E-state index in [-0.39, 0.29) is 0 Å². The second-order valence-corrected chi connectivity index (χ2v) is 5.20. The van der Waals surface area contributed by atoms with Crippen molar-refractivity contribution in [2.45, 2.75) is 52.2 Å². The number of rotatable bonds is 1. The molecule has 2 nitrogen and oxygen atoms in total. The van der Waals surface area contributed by atoms with E-state index in [0.29, 0.717) is 17.8 Å². The third kappa shape index (κ3) is 2.23. The van der Waals surface area contributed by atoms with Crippen LogP contribution in [-0.4, -0.2) is 21.9 Å². The van der Waals surface area contributed by atoms with Crippen molar-refractivity contribution in [2.24, 2.45) is 17.8 Å². The van der Waals surface area contributed by atoms with Crippen LogP contribution in [0.2, 0.25) is 0 Å². The smallest absolute Gasteiger partial charge is 0.0880 e. The van der Waals surface area contributed by atoms with Gasteiger partial charge in [-0.05, 0) is 37.5 Å². The second-order valence-electron chi connectivity index (χ2n) is 5.20. The van der Waals surface area contributed by atoms with Gasteiger partial charge in [0.25, 0.3) is 0 Å². The van der Waals surface area contributed by atoms with Gasteiger partial charge in [-0.1, -0.05) is 20.8 Å². The van der Waals surface area contributed by atoms with E-state index in [4.69, 9.17) is 0 Å². The summed E-state index contributed by atoms with van der Waals surface area (Å²) in [6.45, 7) is 8.29. The molecule has 0 amide bonds. The molecule has 1 aliphatic rings.